The molecule has 0 spiro atoms. The molecule has 1 aromatic carbocycles. The SMILES string of the molecule is COc1ccc(CCC(C)NC2CCOC(C)(C)C2)cc1. The Bertz CT molecular complexity index is 427. The highest BCUT2D eigenvalue weighted by molar-refractivity contribution is 5.27. The minimum absolute atomic E-state index is 0.0195. The molecule has 0 radical (unpaired) electrons. The summed E-state index contributed by atoms with van der Waals surface area (Å²) in [4.78, 5) is 0. The van der Waals surface area contributed by atoms with Gasteiger partial charge in [-0.3, -0.25) is 0 Å². The van der Waals surface area contributed by atoms with Gasteiger partial charge in [-0.1, -0.05) is 12.1 Å². The lowest BCUT2D eigenvalue weighted by atomic mass is 9.93. The molecule has 0 aromatic heterocycles. The van der Waals surface area contributed by atoms with Crippen LogP contribution >= 0.6 is 0 Å². The van der Waals surface area contributed by atoms with Crippen molar-refractivity contribution >= 4 is 0 Å². The number of rotatable bonds is 6. The summed E-state index contributed by atoms with van der Waals surface area (Å²) in [5.41, 5.74) is 1.39. The van der Waals surface area contributed by atoms with Gasteiger partial charge in [-0.25, -0.2) is 0 Å². The van der Waals surface area contributed by atoms with Gasteiger partial charge < -0.3 is 14.8 Å². The van der Waals surface area contributed by atoms with E-state index in [1.807, 2.05) is 12.1 Å². The Morgan fingerprint density at radius 1 is 1.33 bits per heavy atom. The quantitative estimate of drug-likeness (QED) is 0.869. The minimum Gasteiger partial charge on any atom is -0.497 e. The van der Waals surface area contributed by atoms with E-state index in [1.165, 1.54) is 5.56 Å². The first-order valence-electron chi connectivity index (χ1n) is 8.01. The Morgan fingerprint density at radius 3 is 2.67 bits per heavy atom. The number of aryl methyl sites for hydroxylation is 1. The number of hydrogen-bond acceptors (Lipinski definition) is 3. The van der Waals surface area contributed by atoms with Crippen molar-refractivity contribution in [1.82, 2.24) is 5.32 Å². The van der Waals surface area contributed by atoms with E-state index < -0.39 is 0 Å². The predicted octanol–water partition coefficient (Wildman–Crippen LogP) is 3.56. The number of benzene rings is 1. The van der Waals surface area contributed by atoms with Gasteiger partial charge in [0, 0.05) is 18.7 Å². The van der Waals surface area contributed by atoms with Crippen molar-refractivity contribution in [2.75, 3.05) is 13.7 Å². The summed E-state index contributed by atoms with van der Waals surface area (Å²) in [5, 5.41) is 3.76. The van der Waals surface area contributed by atoms with Gasteiger partial charge in [0.1, 0.15) is 5.75 Å². The third-order valence-corrected chi connectivity index (χ3v) is 4.24. The predicted molar refractivity (Wildman–Crippen MR) is 87.0 cm³/mol. The summed E-state index contributed by atoms with van der Waals surface area (Å²) in [7, 11) is 1.70. The molecule has 1 N–H and O–H groups in total. The number of methoxy groups -OCH3 is 1. The first kappa shape index (κ1) is 16.3. The van der Waals surface area contributed by atoms with Crippen LogP contribution in [0.1, 0.15) is 45.6 Å². The molecule has 2 rings (SSSR count). The van der Waals surface area contributed by atoms with E-state index in [4.69, 9.17) is 9.47 Å². The number of hydrogen-bond donors (Lipinski definition) is 1. The topological polar surface area (TPSA) is 30.5 Å². The van der Waals surface area contributed by atoms with E-state index in [2.05, 4.69) is 38.2 Å². The molecule has 21 heavy (non-hydrogen) atoms. The van der Waals surface area contributed by atoms with Crippen LogP contribution in [0, 0.1) is 0 Å². The first-order valence-corrected chi connectivity index (χ1v) is 8.01. The average Bonchev–Trinajstić information content (AvgIpc) is 2.44. The molecule has 2 unspecified atom stereocenters. The molecule has 2 atom stereocenters. The van der Waals surface area contributed by atoms with Crippen molar-refractivity contribution in [2.45, 2.75) is 64.1 Å². The van der Waals surface area contributed by atoms with Gasteiger partial charge in [0.25, 0.3) is 0 Å². The normalized spacial score (nSPS) is 22.8. The second-order valence-corrected chi connectivity index (χ2v) is 6.75. The Labute approximate surface area is 129 Å². The van der Waals surface area contributed by atoms with E-state index in [9.17, 15) is 0 Å². The lowest BCUT2D eigenvalue weighted by molar-refractivity contribution is -0.0640. The lowest BCUT2D eigenvalue weighted by Crippen LogP contribution is -2.46. The van der Waals surface area contributed by atoms with Crippen LogP contribution in [0.25, 0.3) is 0 Å². The van der Waals surface area contributed by atoms with E-state index in [0.29, 0.717) is 12.1 Å². The molecule has 1 saturated heterocycles. The standard InChI is InChI=1S/C18H29NO2/c1-14(19-16-11-12-21-18(2,3)13-16)5-6-15-7-9-17(20-4)10-8-15/h7-10,14,16,19H,5-6,11-13H2,1-4H3. The molecule has 1 fully saturated rings. The molecule has 0 amide bonds. The van der Waals surface area contributed by atoms with Gasteiger partial charge in [0.2, 0.25) is 0 Å². The second-order valence-electron chi connectivity index (χ2n) is 6.75. The largest absolute Gasteiger partial charge is 0.497 e. The maximum atomic E-state index is 5.78. The van der Waals surface area contributed by atoms with Crippen LogP contribution in [0.5, 0.6) is 5.75 Å². The first-order chi connectivity index (χ1) is 9.98. The van der Waals surface area contributed by atoms with Crippen LogP contribution in [0.2, 0.25) is 0 Å². The van der Waals surface area contributed by atoms with Crippen LogP contribution in [0.4, 0.5) is 0 Å². The van der Waals surface area contributed by atoms with E-state index >= 15 is 0 Å². The van der Waals surface area contributed by atoms with Crippen LogP contribution in [-0.2, 0) is 11.2 Å². The smallest absolute Gasteiger partial charge is 0.118 e. The Kier molecular flexibility index (Phi) is 5.65. The summed E-state index contributed by atoms with van der Waals surface area (Å²) in [6.45, 7) is 7.52. The molecule has 3 heteroatoms. The van der Waals surface area contributed by atoms with Crippen molar-refractivity contribution in [2.24, 2.45) is 0 Å². The highest BCUT2D eigenvalue weighted by Crippen LogP contribution is 2.24. The fourth-order valence-corrected chi connectivity index (χ4v) is 3.04. The average molecular weight is 291 g/mol. The van der Waals surface area contributed by atoms with Gasteiger partial charge in [0.05, 0.1) is 12.7 Å². The van der Waals surface area contributed by atoms with Crippen molar-refractivity contribution in [3.63, 3.8) is 0 Å². The van der Waals surface area contributed by atoms with E-state index in [0.717, 1.165) is 38.0 Å². The maximum Gasteiger partial charge on any atom is 0.118 e. The molecule has 0 bridgehead atoms. The molecular formula is C18H29NO2. The van der Waals surface area contributed by atoms with Gasteiger partial charge >= 0.3 is 0 Å². The molecule has 1 aliphatic rings. The van der Waals surface area contributed by atoms with Crippen molar-refractivity contribution in [1.29, 1.82) is 0 Å². The molecule has 1 heterocycles. The minimum atomic E-state index is 0.0195. The van der Waals surface area contributed by atoms with Gasteiger partial charge in [-0.2, -0.15) is 0 Å². The van der Waals surface area contributed by atoms with E-state index in [-0.39, 0.29) is 5.60 Å². The third kappa shape index (κ3) is 5.33. The Balaban J connectivity index is 1.75. The number of ether oxygens (including phenoxy) is 2. The monoisotopic (exact) mass is 291 g/mol. The molecule has 1 aromatic rings. The molecule has 1 aliphatic heterocycles. The highest BCUT2D eigenvalue weighted by atomic mass is 16.5. The Morgan fingerprint density at radius 2 is 2.05 bits per heavy atom. The third-order valence-electron chi connectivity index (χ3n) is 4.24. The van der Waals surface area contributed by atoms with Crippen LogP contribution in [0.3, 0.4) is 0 Å². The maximum absolute atomic E-state index is 5.78. The fourth-order valence-electron chi connectivity index (χ4n) is 3.04. The van der Waals surface area contributed by atoms with Crippen molar-refractivity contribution in [3.8, 4) is 5.75 Å². The molecule has 3 nitrogen and oxygen atoms in total. The highest BCUT2D eigenvalue weighted by Gasteiger charge is 2.29. The second kappa shape index (κ2) is 7.28. The van der Waals surface area contributed by atoms with Crippen LogP contribution < -0.4 is 10.1 Å². The van der Waals surface area contributed by atoms with Gasteiger partial charge in [-0.15, -0.1) is 0 Å². The summed E-state index contributed by atoms with van der Waals surface area (Å²) in [6, 6.07) is 9.50. The van der Waals surface area contributed by atoms with Crippen LogP contribution in [0.15, 0.2) is 24.3 Å². The summed E-state index contributed by atoms with van der Waals surface area (Å²) < 4.78 is 11.0. The summed E-state index contributed by atoms with van der Waals surface area (Å²) in [5.74, 6) is 0.925. The molecule has 118 valence electrons. The van der Waals surface area contributed by atoms with Gasteiger partial charge in [-0.05, 0) is 64.2 Å². The van der Waals surface area contributed by atoms with E-state index in [1.54, 1.807) is 7.11 Å². The Hall–Kier alpha value is -1.06. The van der Waals surface area contributed by atoms with Crippen LogP contribution in [-0.4, -0.2) is 31.4 Å². The lowest BCUT2D eigenvalue weighted by Gasteiger charge is -2.37. The fraction of sp³-hybridized carbons (Fsp3) is 0.667. The molecular weight excluding hydrogens is 262 g/mol. The zero-order valence-electron chi connectivity index (χ0n) is 13.8. The van der Waals surface area contributed by atoms with Crippen molar-refractivity contribution < 1.29 is 9.47 Å². The number of nitrogens with one attached hydrogen (secondary N) is 1. The summed E-state index contributed by atoms with van der Waals surface area (Å²) in [6.07, 6.45) is 4.48. The zero-order valence-corrected chi connectivity index (χ0v) is 13.8. The zero-order chi connectivity index (χ0) is 15.3. The van der Waals surface area contributed by atoms with Gasteiger partial charge in [0.15, 0.2) is 0 Å². The van der Waals surface area contributed by atoms with Crippen molar-refractivity contribution in [3.05, 3.63) is 29.8 Å². The molecule has 0 saturated carbocycles. The summed E-state index contributed by atoms with van der Waals surface area (Å²) >= 11 is 0. The molecule has 0 aliphatic carbocycles.